The Morgan fingerprint density at radius 3 is 2.71 bits per heavy atom. The lowest BCUT2D eigenvalue weighted by Crippen LogP contribution is -2.43. The van der Waals surface area contributed by atoms with Crippen LogP contribution in [0.25, 0.3) is 0 Å². The first-order chi connectivity index (χ1) is 8.27. The number of carbonyl (C=O) groups excluding carboxylic acids is 1. The molecule has 1 aliphatic carbocycles. The summed E-state index contributed by atoms with van der Waals surface area (Å²) in [5.41, 5.74) is 0. The summed E-state index contributed by atoms with van der Waals surface area (Å²) in [6, 6.07) is 0.499. The molecule has 100 valence electrons. The Morgan fingerprint density at radius 2 is 2.12 bits per heavy atom. The Labute approximate surface area is 104 Å². The van der Waals surface area contributed by atoms with Gasteiger partial charge in [0.05, 0.1) is 13.2 Å². The molecule has 2 N–H and O–H groups in total. The van der Waals surface area contributed by atoms with Crippen molar-refractivity contribution >= 4 is 5.91 Å². The van der Waals surface area contributed by atoms with Crippen LogP contribution in [0.2, 0.25) is 0 Å². The molecule has 17 heavy (non-hydrogen) atoms. The van der Waals surface area contributed by atoms with E-state index in [9.17, 15) is 4.79 Å². The fraction of sp³-hybridized carbons (Fsp3) is 0.923. The highest BCUT2D eigenvalue weighted by molar-refractivity contribution is 5.78. The molecule has 0 aliphatic heterocycles. The van der Waals surface area contributed by atoms with Gasteiger partial charge in [0, 0.05) is 19.1 Å². The number of aliphatic hydroxyl groups excluding tert-OH is 1. The lowest BCUT2D eigenvalue weighted by molar-refractivity contribution is -0.122. The highest BCUT2D eigenvalue weighted by Crippen LogP contribution is 2.22. The van der Waals surface area contributed by atoms with Crippen LogP contribution in [-0.2, 0) is 4.79 Å². The summed E-state index contributed by atoms with van der Waals surface area (Å²) in [5.74, 6) is 0.0961. The molecule has 0 bridgehead atoms. The second kappa shape index (κ2) is 8.48. The van der Waals surface area contributed by atoms with Crippen molar-refractivity contribution < 1.29 is 9.90 Å². The van der Waals surface area contributed by atoms with Gasteiger partial charge in [0.2, 0.25) is 5.91 Å². The van der Waals surface area contributed by atoms with Crippen molar-refractivity contribution in [3.05, 3.63) is 0 Å². The van der Waals surface area contributed by atoms with Crippen molar-refractivity contribution in [3.63, 3.8) is 0 Å². The largest absolute Gasteiger partial charge is 0.395 e. The maximum atomic E-state index is 11.7. The van der Waals surface area contributed by atoms with Gasteiger partial charge in [-0.1, -0.05) is 26.2 Å². The van der Waals surface area contributed by atoms with Crippen LogP contribution in [-0.4, -0.2) is 48.2 Å². The maximum Gasteiger partial charge on any atom is 0.234 e. The third kappa shape index (κ3) is 5.50. The van der Waals surface area contributed by atoms with E-state index in [1.807, 2.05) is 0 Å². The highest BCUT2D eigenvalue weighted by atomic mass is 16.3. The van der Waals surface area contributed by atoms with E-state index in [0.29, 0.717) is 19.1 Å². The molecule has 0 radical (unpaired) electrons. The summed E-state index contributed by atoms with van der Waals surface area (Å²) < 4.78 is 0. The summed E-state index contributed by atoms with van der Waals surface area (Å²) in [6.45, 7) is 4.08. The molecule has 1 aliphatic rings. The smallest absolute Gasteiger partial charge is 0.234 e. The van der Waals surface area contributed by atoms with Gasteiger partial charge in [0.1, 0.15) is 0 Å². The zero-order chi connectivity index (χ0) is 12.5. The summed E-state index contributed by atoms with van der Waals surface area (Å²) >= 11 is 0. The molecule has 0 spiro atoms. The number of rotatable bonds is 8. The molecule has 0 aromatic carbocycles. The number of hydrogen-bond donors (Lipinski definition) is 2. The minimum absolute atomic E-state index is 0.0961. The second-order valence-corrected chi connectivity index (χ2v) is 4.84. The van der Waals surface area contributed by atoms with Crippen LogP contribution in [0.15, 0.2) is 0 Å². The fourth-order valence-electron chi connectivity index (χ4n) is 2.43. The van der Waals surface area contributed by atoms with E-state index in [0.717, 1.165) is 19.4 Å². The monoisotopic (exact) mass is 242 g/mol. The van der Waals surface area contributed by atoms with E-state index in [-0.39, 0.29) is 12.5 Å². The van der Waals surface area contributed by atoms with Gasteiger partial charge in [-0.3, -0.25) is 9.69 Å². The zero-order valence-electron chi connectivity index (χ0n) is 11.0. The van der Waals surface area contributed by atoms with Crippen LogP contribution in [0.3, 0.4) is 0 Å². The van der Waals surface area contributed by atoms with Crippen molar-refractivity contribution in [1.29, 1.82) is 0 Å². The zero-order valence-corrected chi connectivity index (χ0v) is 11.0. The Balaban J connectivity index is 2.29. The average Bonchev–Trinajstić information content (AvgIpc) is 2.82. The summed E-state index contributed by atoms with van der Waals surface area (Å²) in [7, 11) is 0. The quantitative estimate of drug-likeness (QED) is 0.628. The topological polar surface area (TPSA) is 52.6 Å². The number of hydrogen-bond acceptors (Lipinski definition) is 3. The van der Waals surface area contributed by atoms with E-state index in [1.165, 1.54) is 25.7 Å². The fourth-order valence-corrected chi connectivity index (χ4v) is 2.43. The molecular formula is C13H26N2O2. The lowest BCUT2D eigenvalue weighted by atomic mass is 10.2. The molecular weight excluding hydrogens is 216 g/mol. The first-order valence-electron chi connectivity index (χ1n) is 6.89. The van der Waals surface area contributed by atoms with E-state index < -0.39 is 0 Å². The molecule has 0 saturated heterocycles. The first kappa shape index (κ1) is 14.5. The number of carbonyl (C=O) groups is 1. The van der Waals surface area contributed by atoms with E-state index >= 15 is 0 Å². The predicted octanol–water partition coefficient (Wildman–Crippen LogP) is 1.14. The molecule has 1 amide bonds. The maximum absolute atomic E-state index is 11.7. The number of aliphatic hydroxyl groups is 1. The summed E-state index contributed by atoms with van der Waals surface area (Å²) in [5, 5.41) is 12.0. The van der Waals surface area contributed by atoms with Crippen LogP contribution in [0, 0.1) is 0 Å². The Morgan fingerprint density at radius 1 is 1.41 bits per heavy atom. The van der Waals surface area contributed by atoms with Gasteiger partial charge in [-0.15, -0.1) is 0 Å². The third-order valence-electron chi connectivity index (χ3n) is 3.43. The van der Waals surface area contributed by atoms with Gasteiger partial charge in [0.25, 0.3) is 0 Å². The van der Waals surface area contributed by atoms with Crippen LogP contribution in [0.5, 0.6) is 0 Å². The molecule has 4 nitrogen and oxygen atoms in total. The molecule has 0 atom stereocenters. The SMILES string of the molecule is CCCCNC(=O)CN(CCO)C1CCCC1. The molecule has 1 saturated carbocycles. The van der Waals surface area contributed by atoms with Crippen LogP contribution < -0.4 is 5.32 Å². The average molecular weight is 242 g/mol. The number of unbranched alkanes of at least 4 members (excludes halogenated alkanes) is 1. The van der Waals surface area contributed by atoms with Gasteiger partial charge < -0.3 is 10.4 Å². The van der Waals surface area contributed by atoms with Gasteiger partial charge >= 0.3 is 0 Å². The lowest BCUT2D eigenvalue weighted by Gasteiger charge is -2.27. The summed E-state index contributed by atoms with van der Waals surface area (Å²) in [6.07, 6.45) is 6.98. The molecule has 0 aromatic heterocycles. The Bertz CT molecular complexity index is 215. The number of nitrogens with one attached hydrogen (secondary N) is 1. The third-order valence-corrected chi connectivity index (χ3v) is 3.43. The Kier molecular flexibility index (Phi) is 7.21. The van der Waals surface area contributed by atoms with Crippen molar-refractivity contribution in [1.82, 2.24) is 10.2 Å². The van der Waals surface area contributed by atoms with E-state index in [1.54, 1.807) is 0 Å². The molecule has 0 aromatic rings. The number of amides is 1. The molecule has 4 heteroatoms. The predicted molar refractivity (Wildman–Crippen MR) is 68.8 cm³/mol. The van der Waals surface area contributed by atoms with Crippen molar-refractivity contribution in [2.75, 3.05) is 26.2 Å². The van der Waals surface area contributed by atoms with Gasteiger partial charge in [0.15, 0.2) is 0 Å². The van der Waals surface area contributed by atoms with Gasteiger partial charge in [-0.05, 0) is 19.3 Å². The van der Waals surface area contributed by atoms with Crippen molar-refractivity contribution in [2.45, 2.75) is 51.5 Å². The van der Waals surface area contributed by atoms with Crippen LogP contribution >= 0.6 is 0 Å². The van der Waals surface area contributed by atoms with Crippen molar-refractivity contribution in [2.24, 2.45) is 0 Å². The van der Waals surface area contributed by atoms with E-state index in [4.69, 9.17) is 5.11 Å². The first-order valence-corrected chi connectivity index (χ1v) is 6.89. The minimum Gasteiger partial charge on any atom is -0.395 e. The molecule has 0 heterocycles. The summed E-state index contributed by atoms with van der Waals surface area (Å²) in [4.78, 5) is 13.9. The van der Waals surface area contributed by atoms with Crippen molar-refractivity contribution in [3.8, 4) is 0 Å². The second-order valence-electron chi connectivity index (χ2n) is 4.84. The minimum atomic E-state index is 0.0961. The standard InChI is InChI=1S/C13H26N2O2/c1-2-3-8-14-13(17)11-15(9-10-16)12-6-4-5-7-12/h12,16H,2-11H2,1H3,(H,14,17). The van der Waals surface area contributed by atoms with Gasteiger partial charge in [-0.25, -0.2) is 0 Å². The van der Waals surface area contributed by atoms with Gasteiger partial charge in [-0.2, -0.15) is 0 Å². The van der Waals surface area contributed by atoms with E-state index in [2.05, 4.69) is 17.1 Å². The number of nitrogens with zero attached hydrogens (tertiary/aromatic N) is 1. The molecule has 1 rings (SSSR count). The van der Waals surface area contributed by atoms with Crippen LogP contribution in [0.1, 0.15) is 45.4 Å². The van der Waals surface area contributed by atoms with Crippen LogP contribution in [0.4, 0.5) is 0 Å². The normalized spacial score (nSPS) is 16.6. The Hall–Kier alpha value is -0.610. The highest BCUT2D eigenvalue weighted by Gasteiger charge is 2.23. The molecule has 1 fully saturated rings. The molecule has 0 unspecified atom stereocenters.